The summed E-state index contributed by atoms with van der Waals surface area (Å²) in [5, 5.41) is 0. The standard InChI is InChI=1S/C17H37NO2.BrH/c1-4-6-8-10-12-14-19-17(3,16-18)20-15-13-11-9-7-5-2;/h4-16,18H2,1-3H3;1H. The fourth-order valence-electron chi connectivity index (χ4n) is 2.15. The molecule has 0 fully saturated rings. The average Bonchev–Trinajstić information content (AvgIpc) is 2.46. The van der Waals surface area contributed by atoms with E-state index in [1.165, 1.54) is 51.4 Å². The molecule has 2 N–H and O–H groups in total. The molecule has 0 spiro atoms. The van der Waals surface area contributed by atoms with Gasteiger partial charge in [-0.3, -0.25) is 0 Å². The van der Waals surface area contributed by atoms with Crippen LogP contribution in [0.25, 0.3) is 0 Å². The number of hydrogen-bond acceptors (Lipinski definition) is 3. The SMILES string of the molecule is Br.CCCCCCCOC(C)(CN)OCCCCCCC. The molecule has 0 aliphatic carbocycles. The number of halogens is 1. The molecule has 0 heterocycles. The molecule has 3 nitrogen and oxygen atoms in total. The Bertz CT molecular complexity index is 187. The lowest BCUT2D eigenvalue weighted by Crippen LogP contribution is -2.41. The molecule has 0 bridgehead atoms. The lowest BCUT2D eigenvalue weighted by molar-refractivity contribution is -0.219. The van der Waals surface area contributed by atoms with Crippen molar-refractivity contribution in [2.24, 2.45) is 5.73 Å². The van der Waals surface area contributed by atoms with Gasteiger partial charge in [0, 0.05) is 6.54 Å². The molecule has 0 aromatic heterocycles. The molecule has 21 heavy (non-hydrogen) atoms. The molecule has 0 aliphatic rings. The van der Waals surface area contributed by atoms with Crippen molar-refractivity contribution in [1.82, 2.24) is 0 Å². The minimum absolute atomic E-state index is 0. The highest BCUT2D eigenvalue weighted by Gasteiger charge is 2.23. The van der Waals surface area contributed by atoms with E-state index in [-0.39, 0.29) is 17.0 Å². The highest BCUT2D eigenvalue weighted by molar-refractivity contribution is 8.93. The van der Waals surface area contributed by atoms with Crippen LogP contribution >= 0.6 is 17.0 Å². The van der Waals surface area contributed by atoms with Crippen LogP contribution in [0.3, 0.4) is 0 Å². The van der Waals surface area contributed by atoms with Gasteiger partial charge in [-0.15, -0.1) is 17.0 Å². The Hall–Kier alpha value is 0.360. The predicted octanol–water partition coefficient (Wildman–Crippen LogP) is 5.21. The molecule has 0 radical (unpaired) electrons. The summed E-state index contributed by atoms with van der Waals surface area (Å²) in [7, 11) is 0. The van der Waals surface area contributed by atoms with Crippen LogP contribution in [-0.4, -0.2) is 25.5 Å². The molecule has 0 aromatic rings. The largest absolute Gasteiger partial charge is 0.349 e. The second-order valence-corrected chi connectivity index (χ2v) is 5.86. The molecule has 0 atom stereocenters. The van der Waals surface area contributed by atoms with Gasteiger partial charge in [-0.25, -0.2) is 0 Å². The molecule has 0 aliphatic heterocycles. The lowest BCUT2D eigenvalue weighted by Gasteiger charge is -2.28. The van der Waals surface area contributed by atoms with Crippen LogP contribution in [0, 0.1) is 0 Å². The molecular formula is C17H38BrNO2. The Morgan fingerprint density at radius 3 is 1.43 bits per heavy atom. The van der Waals surface area contributed by atoms with E-state index in [0.717, 1.165) is 26.1 Å². The summed E-state index contributed by atoms with van der Waals surface area (Å²) in [5.74, 6) is -0.588. The van der Waals surface area contributed by atoms with E-state index in [1.54, 1.807) is 0 Å². The van der Waals surface area contributed by atoms with Crippen molar-refractivity contribution in [2.45, 2.75) is 90.8 Å². The first kappa shape index (κ1) is 23.6. The van der Waals surface area contributed by atoms with Crippen molar-refractivity contribution in [3.05, 3.63) is 0 Å². The van der Waals surface area contributed by atoms with Crippen molar-refractivity contribution in [2.75, 3.05) is 19.8 Å². The molecule has 0 unspecified atom stereocenters. The summed E-state index contributed by atoms with van der Waals surface area (Å²) in [4.78, 5) is 0. The van der Waals surface area contributed by atoms with Crippen LogP contribution in [-0.2, 0) is 9.47 Å². The van der Waals surface area contributed by atoms with Crippen molar-refractivity contribution in [1.29, 1.82) is 0 Å². The van der Waals surface area contributed by atoms with Gasteiger partial charge in [0.2, 0.25) is 0 Å². The number of unbranched alkanes of at least 4 members (excludes halogenated alkanes) is 8. The summed E-state index contributed by atoms with van der Waals surface area (Å²) in [6.45, 7) is 8.37. The van der Waals surface area contributed by atoms with Gasteiger partial charge >= 0.3 is 0 Å². The highest BCUT2D eigenvalue weighted by atomic mass is 79.9. The van der Waals surface area contributed by atoms with E-state index in [2.05, 4.69) is 13.8 Å². The smallest absolute Gasteiger partial charge is 0.177 e. The van der Waals surface area contributed by atoms with E-state index in [0.29, 0.717) is 6.54 Å². The van der Waals surface area contributed by atoms with Crippen LogP contribution in [0.15, 0.2) is 0 Å². The van der Waals surface area contributed by atoms with Gasteiger partial charge < -0.3 is 15.2 Å². The number of hydrogen-bond donors (Lipinski definition) is 1. The zero-order valence-electron chi connectivity index (χ0n) is 14.5. The number of rotatable bonds is 15. The van der Waals surface area contributed by atoms with Crippen molar-refractivity contribution in [3.63, 3.8) is 0 Å². The summed E-state index contributed by atoms with van der Waals surface area (Å²) < 4.78 is 11.7. The minimum Gasteiger partial charge on any atom is -0.349 e. The Morgan fingerprint density at radius 1 is 0.714 bits per heavy atom. The second-order valence-electron chi connectivity index (χ2n) is 5.86. The van der Waals surface area contributed by atoms with E-state index >= 15 is 0 Å². The fraction of sp³-hybridized carbons (Fsp3) is 1.00. The predicted molar refractivity (Wildman–Crippen MR) is 97.2 cm³/mol. The van der Waals surface area contributed by atoms with E-state index in [1.807, 2.05) is 6.92 Å². The maximum Gasteiger partial charge on any atom is 0.177 e. The average molecular weight is 368 g/mol. The van der Waals surface area contributed by atoms with Gasteiger partial charge in [0.25, 0.3) is 0 Å². The first-order valence-electron chi connectivity index (χ1n) is 8.66. The zero-order chi connectivity index (χ0) is 15.1. The van der Waals surface area contributed by atoms with E-state index in [9.17, 15) is 0 Å². The molecule has 0 aromatic carbocycles. The molecular weight excluding hydrogens is 330 g/mol. The van der Waals surface area contributed by atoms with Gasteiger partial charge in [0.05, 0.1) is 13.2 Å². The summed E-state index contributed by atoms with van der Waals surface area (Å²) in [5.41, 5.74) is 5.78. The Morgan fingerprint density at radius 2 is 1.10 bits per heavy atom. The normalized spacial score (nSPS) is 11.4. The Kier molecular flexibility index (Phi) is 18.8. The summed E-state index contributed by atoms with van der Waals surface area (Å²) in [6.07, 6.45) is 12.5. The third-order valence-corrected chi connectivity index (χ3v) is 3.68. The van der Waals surface area contributed by atoms with E-state index < -0.39 is 5.79 Å². The third-order valence-electron chi connectivity index (χ3n) is 3.68. The van der Waals surface area contributed by atoms with Crippen LogP contribution in [0.1, 0.15) is 85.0 Å². The molecule has 0 rings (SSSR count). The Balaban J connectivity index is 0. The van der Waals surface area contributed by atoms with Gasteiger partial charge in [0.1, 0.15) is 0 Å². The van der Waals surface area contributed by atoms with Crippen LogP contribution in [0.2, 0.25) is 0 Å². The van der Waals surface area contributed by atoms with Gasteiger partial charge in [-0.05, 0) is 19.8 Å². The highest BCUT2D eigenvalue weighted by Crippen LogP contribution is 2.14. The molecule has 0 saturated heterocycles. The first-order chi connectivity index (χ1) is 9.68. The van der Waals surface area contributed by atoms with Crippen molar-refractivity contribution < 1.29 is 9.47 Å². The fourth-order valence-corrected chi connectivity index (χ4v) is 2.15. The lowest BCUT2D eigenvalue weighted by atomic mass is 10.1. The third kappa shape index (κ3) is 15.0. The molecule has 130 valence electrons. The number of nitrogens with two attached hydrogens (primary N) is 1. The topological polar surface area (TPSA) is 44.5 Å². The Labute approximate surface area is 143 Å². The number of ether oxygens (including phenoxy) is 2. The minimum atomic E-state index is -0.588. The van der Waals surface area contributed by atoms with Gasteiger partial charge in [-0.1, -0.05) is 65.2 Å². The maximum absolute atomic E-state index is 5.84. The van der Waals surface area contributed by atoms with Crippen LogP contribution in [0.4, 0.5) is 0 Å². The monoisotopic (exact) mass is 367 g/mol. The summed E-state index contributed by atoms with van der Waals surface area (Å²) >= 11 is 0. The maximum atomic E-state index is 5.84. The summed E-state index contributed by atoms with van der Waals surface area (Å²) in [6, 6.07) is 0. The first-order valence-corrected chi connectivity index (χ1v) is 8.66. The van der Waals surface area contributed by atoms with Crippen LogP contribution in [0.5, 0.6) is 0 Å². The second kappa shape index (κ2) is 16.7. The zero-order valence-corrected chi connectivity index (χ0v) is 16.2. The molecule has 0 saturated carbocycles. The molecule has 0 amide bonds. The van der Waals surface area contributed by atoms with Crippen molar-refractivity contribution >= 4 is 17.0 Å². The van der Waals surface area contributed by atoms with Crippen LogP contribution < -0.4 is 5.73 Å². The van der Waals surface area contributed by atoms with Crippen molar-refractivity contribution in [3.8, 4) is 0 Å². The van der Waals surface area contributed by atoms with E-state index in [4.69, 9.17) is 15.2 Å². The van der Waals surface area contributed by atoms with Gasteiger partial charge in [0.15, 0.2) is 5.79 Å². The van der Waals surface area contributed by atoms with Gasteiger partial charge in [-0.2, -0.15) is 0 Å². The molecule has 4 heteroatoms. The quantitative estimate of drug-likeness (QED) is 0.319.